The van der Waals surface area contributed by atoms with E-state index in [1.807, 2.05) is 0 Å². The summed E-state index contributed by atoms with van der Waals surface area (Å²) in [5, 5.41) is 19.9. The zero-order valence-electron chi connectivity index (χ0n) is 18.8. The highest BCUT2D eigenvalue weighted by Crippen LogP contribution is 2.16. The second-order valence-corrected chi connectivity index (χ2v) is 6.68. The molecule has 0 fully saturated rings. The lowest BCUT2D eigenvalue weighted by molar-refractivity contribution is 0.0517. The van der Waals surface area contributed by atoms with Crippen LogP contribution in [0.15, 0.2) is 69.2 Å². The van der Waals surface area contributed by atoms with E-state index < -0.39 is 0 Å². The largest absolute Gasteiger partial charge is 0.462 e. The minimum absolute atomic E-state index is 0.334. The Labute approximate surface area is 187 Å². The van der Waals surface area contributed by atoms with Crippen LogP contribution in [0, 0.1) is 0 Å². The SMILES string of the molecule is CCOC(=O)c1ccc(N=NN(C)CCN(C)N=Nc2ccc(C(=O)OCC)cc2)cc1. The summed E-state index contributed by atoms with van der Waals surface area (Å²) in [5.41, 5.74) is 2.21. The van der Waals surface area contributed by atoms with Gasteiger partial charge in [-0.2, -0.15) is 0 Å². The smallest absolute Gasteiger partial charge is 0.338 e. The van der Waals surface area contributed by atoms with E-state index in [0.717, 1.165) is 0 Å². The highest BCUT2D eigenvalue weighted by Gasteiger charge is 2.06. The number of likely N-dealkylation sites (N-methyl/N-ethyl adjacent to an activating group) is 2. The first kappa shape index (κ1) is 24.4. The quantitative estimate of drug-likeness (QED) is 0.287. The van der Waals surface area contributed by atoms with Crippen LogP contribution in [0.2, 0.25) is 0 Å². The van der Waals surface area contributed by atoms with E-state index in [9.17, 15) is 9.59 Å². The number of nitrogens with zero attached hydrogens (tertiary/aromatic N) is 6. The van der Waals surface area contributed by atoms with Crippen molar-refractivity contribution in [2.75, 3.05) is 40.4 Å². The van der Waals surface area contributed by atoms with Gasteiger partial charge in [0, 0.05) is 14.1 Å². The average Bonchev–Trinajstić information content (AvgIpc) is 2.81. The van der Waals surface area contributed by atoms with Crippen LogP contribution in [0.5, 0.6) is 0 Å². The van der Waals surface area contributed by atoms with Crippen LogP contribution in [0.25, 0.3) is 0 Å². The summed E-state index contributed by atoms with van der Waals surface area (Å²) in [6.45, 7) is 5.34. The third-order valence-corrected chi connectivity index (χ3v) is 4.13. The minimum atomic E-state index is -0.361. The van der Waals surface area contributed by atoms with Gasteiger partial charge >= 0.3 is 11.9 Å². The summed E-state index contributed by atoms with van der Waals surface area (Å²) in [4.78, 5) is 23.3. The van der Waals surface area contributed by atoms with Crippen molar-refractivity contribution in [2.45, 2.75) is 13.8 Å². The molecular weight excluding hydrogens is 412 g/mol. The average molecular weight is 441 g/mol. The van der Waals surface area contributed by atoms with E-state index in [1.165, 1.54) is 0 Å². The van der Waals surface area contributed by atoms with E-state index in [4.69, 9.17) is 9.47 Å². The molecule has 0 unspecified atom stereocenters. The second kappa shape index (κ2) is 12.8. The van der Waals surface area contributed by atoms with Gasteiger partial charge < -0.3 is 9.47 Å². The van der Waals surface area contributed by atoms with Gasteiger partial charge in [0.25, 0.3) is 0 Å². The molecule has 10 heteroatoms. The third-order valence-electron chi connectivity index (χ3n) is 4.13. The minimum Gasteiger partial charge on any atom is -0.462 e. The Bertz CT molecular complexity index is 851. The second-order valence-electron chi connectivity index (χ2n) is 6.68. The van der Waals surface area contributed by atoms with Crippen LogP contribution >= 0.6 is 0 Å². The molecule has 0 aromatic heterocycles. The van der Waals surface area contributed by atoms with Crippen molar-refractivity contribution in [3.05, 3.63) is 59.7 Å². The molecule has 10 nitrogen and oxygen atoms in total. The van der Waals surface area contributed by atoms with Gasteiger partial charge in [-0.05, 0) is 62.4 Å². The van der Waals surface area contributed by atoms with Gasteiger partial charge in [0.15, 0.2) is 0 Å². The highest BCUT2D eigenvalue weighted by molar-refractivity contribution is 5.90. The summed E-state index contributed by atoms with van der Waals surface area (Å²) in [6.07, 6.45) is 0. The van der Waals surface area contributed by atoms with Crippen LogP contribution in [-0.4, -0.2) is 62.4 Å². The number of benzene rings is 2. The van der Waals surface area contributed by atoms with Crippen LogP contribution < -0.4 is 0 Å². The molecule has 0 spiro atoms. The maximum Gasteiger partial charge on any atom is 0.338 e. The molecule has 0 saturated heterocycles. The van der Waals surface area contributed by atoms with Crippen LogP contribution in [0.1, 0.15) is 34.6 Å². The first-order chi connectivity index (χ1) is 15.4. The highest BCUT2D eigenvalue weighted by atomic mass is 16.5. The Morgan fingerprint density at radius 2 is 1.03 bits per heavy atom. The number of carbonyl (C=O) groups is 2. The van der Waals surface area contributed by atoms with E-state index in [2.05, 4.69) is 20.7 Å². The number of ether oxygens (including phenoxy) is 2. The summed E-state index contributed by atoms with van der Waals surface area (Å²) in [6, 6.07) is 13.4. The van der Waals surface area contributed by atoms with Gasteiger partial charge in [0.05, 0.1) is 48.8 Å². The Morgan fingerprint density at radius 3 is 1.34 bits per heavy atom. The normalized spacial score (nSPS) is 11.0. The lowest BCUT2D eigenvalue weighted by Gasteiger charge is -2.15. The van der Waals surface area contributed by atoms with E-state index >= 15 is 0 Å². The van der Waals surface area contributed by atoms with E-state index in [0.29, 0.717) is 48.8 Å². The maximum atomic E-state index is 11.7. The molecule has 0 saturated carbocycles. The summed E-state index contributed by atoms with van der Waals surface area (Å²) in [5.74, 6) is -0.722. The van der Waals surface area contributed by atoms with E-state index in [-0.39, 0.29) is 11.9 Å². The van der Waals surface area contributed by atoms with Crippen molar-refractivity contribution in [1.82, 2.24) is 10.0 Å². The van der Waals surface area contributed by atoms with Crippen molar-refractivity contribution in [3.63, 3.8) is 0 Å². The monoisotopic (exact) mass is 440 g/mol. The number of carbonyl (C=O) groups excluding carboxylic acids is 2. The van der Waals surface area contributed by atoms with Gasteiger partial charge in [0.1, 0.15) is 0 Å². The van der Waals surface area contributed by atoms with Crippen molar-refractivity contribution in [3.8, 4) is 0 Å². The molecule has 0 N–H and O–H groups in total. The van der Waals surface area contributed by atoms with E-state index in [1.54, 1.807) is 86.5 Å². The van der Waals surface area contributed by atoms with Gasteiger partial charge in [-0.3, -0.25) is 10.0 Å². The van der Waals surface area contributed by atoms with Crippen molar-refractivity contribution in [2.24, 2.45) is 20.7 Å². The number of hydrogen-bond donors (Lipinski definition) is 0. The summed E-state index contributed by atoms with van der Waals surface area (Å²) >= 11 is 0. The molecule has 0 bridgehead atoms. The van der Waals surface area contributed by atoms with Crippen molar-refractivity contribution in [1.29, 1.82) is 0 Å². The predicted octanol–water partition coefficient (Wildman–Crippen LogP) is 4.60. The van der Waals surface area contributed by atoms with Gasteiger partial charge in [0.2, 0.25) is 0 Å². The fourth-order valence-electron chi connectivity index (χ4n) is 2.39. The lowest BCUT2D eigenvalue weighted by atomic mass is 10.2. The zero-order valence-corrected chi connectivity index (χ0v) is 18.8. The summed E-state index contributed by atoms with van der Waals surface area (Å²) in [7, 11) is 3.60. The molecular formula is C22H28N6O4. The Hall–Kier alpha value is -3.82. The molecule has 2 aromatic rings. The molecule has 0 amide bonds. The Morgan fingerprint density at radius 1 is 0.688 bits per heavy atom. The van der Waals surface area contributed by atoms with Crippen molar-refractivity contribution < 1.29 is 19.1 Å². The predicted molar refractivity (Wildman–Crippen MR) is 119 cm³/mol. The van der Waals surface area contributed by atoms with Crippen LogP contribution in [-0.2, 0) is 9.47 Å². The fraction of sp³-hybridized carbons (Fsp3) is 0.364. The first-order valence-corrected chi connectivity index (χ1v) is 10.2. The topological polar surface area (TPSA) is 109 Å². The molecule has 170 valence electrons. The number of rotatable bonds is 11. The van der Waals surface area contributed by atoms with Gasteiger partial charge in [-0.25, -0.2) is 9.59 Å². The molecule has 0 atom stereocenters. The molecule has 2 rings (SSSR count). The first-order valence-electron chi connectivity index (χ1n) is 10.2. The lowest BCUT2D eigenvalue weighted by Crippen LogP contribution is -2.24. The zero-order chi connectivity index (χ0) is 23.3. The van der Waals surface area contributed by atoms with Crippen molar-refractivity contribution >= 4 is 23.3 Å². The molecule has 0 aliphatic carbocycles. The molecule has 2 aromatic carbocycles. The number of esters is 2. The molecule has 32 heavy (non-hydrogen) atoms. The molecule has 0 radical (unpaired) electrons. The standard InChI is InChI=1S/C22H28N6O4/c1-5-31-21(29)17-7-11-19(12-8-17)23-25-27(3)15-16-28(4)26-24-20-13-9-18(10-14-20)22(30)32-6-2/h7-14H,5-6,15-16H2,1-4H3. The van der Waals surface area contributed by atoms with Gasteiger partial charge in [-0.15, -0.1) is 10.2 Å². The molecule has 0 aliphatic rings. The van der Waals surface area contributed by atoms with Crippen LogP contribution in [0.4, 0.5) is 11.4 Å². The number of hydrogen-bond acceptors (Lipinski definition) is 8. The maximum absolute atomic E-state index is 11.7. The summed E-state index contributed by atoms with van der Waals surface area (Å²) < 4.78 is 9.90. The van der Waals surface area contributed by atoms with Crippen LogP contribution in [0.3, 0.4) is 0 Å². The molecule has 0 aliphatic heterocycles. The Kier molecular flexibility index (Phi) is 9.76. The molecule has 0 heterocycles. The Balaban J connectivity index is 1.79. The van der Waals surface area contributed by atoms with Gasteiger partial charge in [-0.1, -0.05) is 10.4 Å². The third kappa shape index (κ3) is 8.13. The fourth-order valence-corrected chi connectivity index (χ4v) is 2.39.